The SMILES string of the molecule is CCN(c1ccccc1)c1cnnc(N2CCc3ccccc32)n1. The van der Waals surface area contributed by atoms with Crippen molar-refractivity contribution in [3.8, 4) is 0 Å². The lowest BCUT2D eigenvalue weighted by molar-refractivity contribution is 0.865. The summed E-state index contributed by atoms with van der Waals surface area (Å²) in [6.07, 6.45) is 2.74. The molecular weight excluding hydrogens is 298 g/mol. The number of aromatic nitrogens is 3. The van der Waals surface area contributed by atoms with E-state index in [9.17, 15) is 0 Å². The maximum Gasteiger partial charge on any atom is 0.251 e. The van der Waals surface area contributed by atoms with Crippen molar-refractivity contribution in [1.29, 1.82) is 0 Å². The zero-order valence-electron chi connectivity index (χ0n) is 13.6. The van der Waals surface area contributed by atoms with E-state index in [4.69, 9.17) is 4.98 Å². The Hall–Kier alpha value is -2.95. The molecule has 5 nitrogen and oxygen atoms in total. The molecule has 1 aliphatic heterocycles. The number of anilines is 4. The molecule has 4 rings (SSSR count). The molecule has 24 heavy (non-hydrogen) atoms. The molecule has 2 heterocycles. The van der Waals surface area contributed by atoms with Crippen LogP contribution in [0.5, 0.6) is 0 Å². The molecule has 0 N–H and O–H groups in total. The van der Waals surface area contributed by atoms with Crippen molar-refractivity contribution in [1.82, 2.24) is 15.2 Å². The van der Waals surface area contributed by atoms with Crippen LogP contribution in [0.4, 0.5) is 23.1 Å². The highest BCUT2D eigenvalue weighted by molar-refractivity contribution is 5.67. The van der Waals surface area contributed by atoms with Gasteiger partial charge < -0.3 is 9.80 Å². The summed E-state index contributed by atoms with van der Waals surface area (Å²) in [5.74, 6) is 1.48. The number of para-hydroxylation sites is 2. The molecule has 0 saturated carbocycles. The summed E-state index contributed by atoms with van der Waals surface area (Å²) in [5.41, 5.74) is 3.62. The third-order valence-electron chi connectivity index (χ3n) is 4.32. The molecule has 0 atom stereocenters. The summed E-state index contributed by atoms with van der Waals surface area (Å²) < 4.78 is 0. The van der Waals surface area contributed by atoms with Gasteiger partial charge in [0.2, 0.25) is 0 Å². The largest absolute Gasteiger partial charge is 0.325 e. The summed E-state index contributed by atoms with van der Waals surface area (Å²) >= 11 is 0. The minimum absolute atomic E-state index is 0.659. The standard InChI is InChI=1S/C19H19N5/c1-2-23(16-9-4-3-5-10-16)18-14-20-22-19(21-18)24-13-12-15-8-6-7-11-17(15)24/h3-11,14H,2,12-13H2,1H3. The van der Waals surface area contributed by atoms with E-state index in [0.717, 1.165) is 31.0 Å². The summed E-state index contributed by atoms with van der Waals surface area (Å²) in [6.45, 7) is 3.82. The molecule has 0 fully saturated rings. The first kappa shape index (κ1) is 14.6. The van der Waals surface area contributed by atoms with Gasteiger partial charge >= 0.3 is 0 Å². The van der Waals surface area contributed by atoms with E-state index in [1.807, 2.05) is 18.2 Å². The summed E-state index contributed by atoms with van der Waals surface area (Å²) in [5, 5.41) is 8.47. The Labute approximate surface area is 141 Å². The number of nitrogens with zero attached hydrogens (tertiary/aromatic N) is 5. The lowest BCUT2D eigenvalue weighted by Gasteiger charge is -2.23. The van der Waals surface area contributed by atoms with Gasteiger partial charge in [-0.1, -0.05) is 36.4 Å². The molecule has 0 saturated heterocycles. The van der Waals surface area contributed by atoms with E-state index in [2.05, 4.69) is 63.3 Å². The number of rotatable bonds is 4. The van der Waals surface area contributed by atoms with Crippen LogP contribution in [0.25, 0.3) is 0 Å². The molecule has 1 aliphatic rings. The van der Waals surface area contributed by atoms with Gasteiger partial charge in [-0.25, -0.2) is 0 Å². The van der Waals surface area contributed by atoms with Crippen molar-refractivity contribution in [2.24, 2.45) is 0 Å². The van der Waals surface area contributed by atoms with Gasteiger partial charge in [0.25, 0.3) is 5.95 Å². The van der Waals surface area contributed by atoms with E-state index in [0.29, 0.717) is 5.95 Å². The zero-order chi connectivity index (χ0) is 16.4. The minimum atomic E-state index is 0.659. The average Bonchev–Trinajstić information content (AvgIpc) is 3.08. The molecule has 0 radical (unpaired) electrons. The van der Waals surface area contributed by atoms with Crippen molar-refractivity contribution in [3.63, 3.8) is 0 Å². The van der Waals surface area contributed by atoms with E-state index >= 15 is 0 Å². The first-order valence-electron chi connectivity index (χ1n) is 8.24. The van der Waals surface area contributed by atoms with Crippen LogP contribution >= 0.6 is 0 Å². The minimum Gasteiger partial charge on any atom is -0.325 e. The zero-order valence-corrected chi connectivity index (χ0v) is 13.6. The lowest BCUT2D eigenvalue weighted by atomic mass is 10.2. The molecular formula is C19H19N5. The maximum atomic E-state index is 4.78. The smallest absolute Gasteiger partial charge is 0.251 e. The average molecular weight is 317 g/mol. The Kier molecular flexibility index (Phi) is 3.83. The van der Waals surface area contributed by atoms with Crippen molar-refractivity contribution in [3.05, 3.63) is 66.4 Å². The highest BCUT2D eigenvalue weighted by Crippen LogP contribution is 2.33. The van der Waals surface area contributed by atoms with E-state index < -0.39 is 0 Å². The molecule has 1 aromatic heterocycles. The van der Waals surface area contributed by atoms with Crippen molar-refractivity contribution in [2.45, 2.75) is 13.3 Å². The van der Waals surface area contributed by atoms with Crippen molar-refractivity contribution in [2.75, 3.05) is 22.9 Å². The van der Waals surface area contributed by atoms with Crippen LogP contribution in [-0.4, -0.2) is 28.3 Å². The molecule has 0 spiro atoms. The number of hydrogen-bond acceptors (Lipinski definition) is 5. The summed E-state index contributed by atoms with van der Waals surface area (Å²) in [4.78, 5) is 9.06. The Bertz CT molecular complexity index is 817. The normalized spacial score (nSPS) is 13.0. The number of benzene rings is 2. The predicted molar refractivity (Wildman–Crippen MR) is 96.1 cm³/mol. The highest BCUT2D eigenvalue weighted by Gasteiger charge is 2.23. The number of fused-ring (bicyclic) bond motifs is 1. The summed E-state index contributed by atoms with van der Waals surface area (Å²) in [6, 6.07) is 18.6. The Morgan fingerprint density at radius 1 is 1.04 bits per heavy atom. The third kappa shape index (κ3) is 2.58. The van der Waals surface area contributed by atoms with E-state index in [1.165, 1.54) is 11.3 Å². The molecule has 0 aliphatic carbocycles. The molecule has 0 unspecified atom stereocenters. The van der Waals surface area contributed by atoms with E-state index in [-0.39, 0.29) is 0 Å². The summed E-state index contributed by atoms with van der Waals surface area (Å²) in [7, 11) is 0. The van der Waals surface area contributed by atoms with Gasteiger partial charge in [-0.15, -0.1) is 5.10 Å². The fraction of sp³-hybridized carbons (Fsp3) is 0.211. The molecule has 2 aromatic carbocycles. The molecule has 0 bridgehead atoms. The predicted octanol–water partition coefficient (Wildman–Crippen LogP) is 3.72. The quantitative estimate of drug-likeness (QED) is 0.734. The Morgan fingerprint density at radius 2 is 1.83 bits per heavy atom. The fourth-order valence-electron chi connectivity index (χ4n) is 3.16. The van der Waals surface area contributed by atoms with Gasteiger partial charge in [-0.05, 0) is 37.1 Å². The van der Waals surface area contributed by atoms with Crippen molar-refractivity contribution >= 4 is 23.1 Å². The van der Waals surface area contributed by atoms with Gasteiger partial charge in [0.05, 0.1) is 6.20 Å². The van der Waals surface area contributed by atoms with Crippen LogP contribution < -0.4 is 9.80 Å². The monoisotopic (exact) mass is 317 g/mol. The second-order valence-electron chi connectivity index (χ2n) is 5.72. The number of hydrogen-bond donors (Lipinski definition) is 0. The highest BCUT2D eigenvalue weighted by atomic mass is 15.4. The lowest BCUT2D eigenvalue weighted by Crippen LogP contribution is -2.21. The van der Waals surface area contributed by atoms with Gasteiger partial charge in [-0.2, -0.15) is 10.1 Å². The Balaban J connectivity index is 1.70. The van der Waals surface area contributed by atoms with Crippen LogP contribution in [-0.2, 0) is 6.42 Å². The van der Waals surface area contributed by atoms with Gasteiger partial charge in [0.1, 0.15) is 0 Å². The first-order chi connectivity index (χ1) is 11.9. The second kappa shape index (κ2) is 6.28. The molecule has 0 amide bonds. The van der Waals surface area contributed by atoms with Crippen LogP contribution in [0.15, 0.2) is 60.8 Å². The molecule has 120 valence electrons. The fourth-order valence-corrected chi connectivity index (χ4v) is 3.16. The van der Waals surface area contributed by atoms with Crippen LogP contribution in [0.1, 0.15) is 12.5 Å². The van der Waals surface area contributed by atoms with Crippen molar-refractivity contribution < 1.29 is 0 Å². The first-order valence-corrected chi connectivity index (χ1v) is 8.24. The maximum absolute atomic E-state index is 4.78. The second-order valence-corrected chi connectivity index (χ2v) is 5.72. The van der Waals surface area contributed by atoms with Crippen LogP contribution in [0.2, 0.25) is 0 Å². The van der Waals surface area contributed by atoms with Crippen LogP contribution in [0.3, 0.4) is 0 Å². The van der Waals surface area contributed by atoms with Gasteiger partial charge in [0.15, 0.2) is 5.82 Å². The molecule has 5 heteroatoms. The molecule has 3 aromatic rings. The topological polar surface area (TPSA) is 45.2 Å². The Morgan fingerprint density at radius 3 is 2.67 bits per heavy atom. The van der Waals surface area contributed by atoms with Crippen LogP contribution in [0, 0.1) is 0 Å². The van der Waals surface area contributed by atoms with E-state index in [1.54, 1.807) is 6.20 Å². The third-order valence-corrected chi connectivity index (χ3v) is 4.32. The van der Waals surface area contributed by atoms with Gasteiger partial charge in [-0.3, -0.25) is 0 Å². The van der Waals surface area contributed by atoms with Gasteiger partial charge in [0, 0.05) is 24.5 Å².